The average Bonchev–Trinajstić information content (AvgIpc) is 2.47. The lowest BCUT2D eigenvalue weighted by molar-refractivity contribution is 1.14. The second-order valence-electron chi connectivity index (χ2n) is 2.80. The van der Waals surface area contributed by atoms with E-state index in [0.717, 1.165) is 9.35 Å². The van der Waals surface area contributed by atoms with Gasteiger partial charge in [-0.1, -0.05) is 0 Å². The molecule has 2 heterocycles. The van der Waals surface area contributed by atoms with Crippen molar-refractivity contribution in [1.82, 2.24) is 9.97 Å². The fourth-order valence-corrected chi connectivity index (χ4v) is 2.56. The fourth-order valence-electron chi connectivity index (χ4n) is 1.07. The van der Waals surface area contributed by atoms with Crippen molar-refractivity contribution in [2.45, 2.75) is 6.92 Å². The van der Waals surface area contributed by atoms with Crippen molar-refractivity contribution in [3.8, 4) is 10.7 Å². The zero-order valence-corrected chi connectivity index (χ0v) is 9.78. The Hall–Kier alpha value is -0.940. The molecule has 0 amide bonds. The molecule has 3 nitrogen and oxygen atoms in total. The molecule has 5 heteroatoms. The number of aromatic nitrogens is 2. The topological polar surface area (TPSA) is 45.8 Å². The Morgan fingerprint density at radius 1 is 1.57 bits per heavy atom. The normalized spacial score (nSPS) is 10.4. The van der Waals surface area contributed by atoms with E-state index in [4.69, 9.17) is 0 Å². The van der Waals surface area contributed by atoms with Crippen molar-refractivity contribution in [2.75, 3.05) is 0 Å². The molecule has 1 N–H and O–H groups in total. The number of nitrogens with one attached hydrogen (secondary N) is 1. The highest BCUT2D eigenvalue weighted by molar-refractivity contribution is 9.10. The van der Waals surface area contributed by atoms with E-state index in [0.29, 0.717) is 5.82 Å². The van der Waals surface area contributed by atoms with E-state index in [9.17, 15) is 4.79 Å². The first-order chi connectivity index (χ1) is 6.66. The second-order valence-corrected chi connectivity index (χ2v) is 4.91. The first kappa shape index (κ1) is 9.61. The molecule has 72 valence electrons. The van der Waals surface area contributed by atoms with E-state index in [1.54, 1.807) is 11.3 Å². The van der Waals surface area contributed by atoms with Crippen LogP contribution in [0.1, 0.15) is 4.88 Å². The van der Waals surface area contributed by atoms with Crippen LogP contribution in [-0.4, -0.2) is 9.97 Å². The molecule has 2 aromatic rings. The highest BCUT2D eigenvalue weighted by Crippen LogP contribution is 2.31. The van der Waals surface area contributed by atoms with Gasteiger partial charge in [0, 0.05) is 21.6 Å². The molecule has 2 aromatic heterocycles. The summed E-state index contributed by atoms with van der Waals surface area (Å²) in [5.41, 5.74) is -0.128. The van der Waals surface area contributed by atoms with Crippen LogP contribution in [0.15, 0.2) is 27.6 Å². The number of nitrogens with zero attached hydrogens (tertiary/aromatic N) is 1. The quantitative estimate of drug-likeness (QED) is 0.866. The maximum atomic E-state index is 11.1. The third-order valence-corrected chi connectivity index (χ3v) is 3.91. The first-order valence-electron chi connectivity index (χ1n) is 3.98. The van der Waals surface area contributed by atoms with Crippen LogP contribution < -0.4 is 5.56 Å². The summed E-state index contributed by atoms with van der Waals surface area (Å²) >= 11 is 5.02. The van der Waals surface area contributed by atoms with Gasteiger partial charge in [0.05, 0.1) is 4.88 Å². The number of rotatable bonds is 1. The molecular formula is C9H7BrN2OS. The molecule has 0 unspecified atom stereocenters. The Morgan fingerprint density at radius 2 is 2.36 bits per heavy atom. The highest BCUT2D eigenvalue weighted by atomic mass is 79.9. The van der Waals surface area contributed by atoms with Gasteiger partial charge in [0.1, 0.15) is 5.82 Å². The molecule has 0 aromatic carbocycles. The molecule has 0 aliphatic carbocycles. The lowest BCUT2D eigenvalue weighted by Crippen LogP contribution is -2.04. The van der Waals surface area contributed by atoms with E-state index >= 15 is 0 Å². The van der Waals surface area contributed by atoms with Crippen molar-refractivity contribution >= 4 is 27.3 Å². The Morgan fingerprint density at radius 3 is 2.93 bits per heavy atom. The van der Waals surface area contributed by atoms with E-state index < -0.39 is 0 Å². The molecule has 0 radical (unpaired) electrons. The molecule has 2 rings (SSSR count). The number of thiophene rings is 1. The largest absolute Gasteiger partial charge is 0.306 e. The van der Waals surface area contributed by atoms with Crippen LogP contribution in [0.5, 0.6) is 0 Å². The first-order valence-corrected chi connectivity index (χ1v) is 5.59. The van der Waals surface area contributed by atoms with E-state index in [-0.39, 0.29) is 5.56 Å². The number of aromatic amines is 1. The van der Waals surface area contributed by atoms with Gasteiger partial charge >= 0.3 is 0 Å². The van der Waals surface area contributed by atoms with Crippen LogP contribution in [0, 0.1) is 6.92 Å². The van der Waals surface area contributed by atoms with Gasteiger partial charge in [0.15, 0.2) is 0 Å². The van der Waals surface area contributed by atoms with Gasteiger partial charge < -0.3 is 4.98 Å². The molecule has 0 saturated carbocycles. The lowest BCUT2D eigenvalue weighted by atomic mass is 10.4. The van der Waals surface area contributed by atoms with Crippen LogP contribution in [0.3, 0.4) is 0 Å². The van der Waals surface area contributed by atoms with Crippen LogP contribution in [0.25, 0.3) is 10.7 Å². The van der Waals surface area contributed by atoms with E-state index in [1.165, 1.54) is 17.1 Å². The van der Waals surface area contributed by atoms with Gasteiger partial charge in [0.2, 0.25) is 0 Å². The zero-order valence-electron chi connectivity index (χ0n) is 7.37. The number of hydrogen-bond donors (Lipinski definition) is 1. The Balaban J connectivity index is 2.54. The molecule has 0 saturated heterocycles. The summed E-state index contributed by atoms with van der Waals surface area (Å²) in [5.74, 6) is 0.622. The zero-order chi connectivity index (χ0) is 10.1. The summed E-state index contributed by atoms with van der Waals surface area (Å²) < 4.78 is 1.05. The minimum absolute atomic E-state index is 0.128. The van der Waals surface area contributed by atoms with Crippen molar-refractivity contribution in [3.63, 3.8) is 0 Å². The summed E-state index contributed by atoms with van der Waals surface area (Å²) in [4.78, 5) is 20.0. The molecule has 0 bridgehead atoms. The molecule has 14 heavy (non-hydrogen) atoms. The maximum Gasteiger partial charge on any atom is 0.251 e. The SMILES string of the molecule is Cc1sc(-c2nccc(=O)[nH]2)cc1Br. The summed E-state index contributed by atoms with van der Waals surface area (Å²) in [5, 5.41) is 0. The molecule has 0 aliphatic heterocycles. The predicted octanol–water partition coefficient (Wildman–Crippen LogP) is 2.57. The van der Waals surface area contributed by atoms with Crippen LogP contribution in [-0.2, 0) is 0 Å². The summed E-state index contributed by atoms with van der Waals surface area (Å²) in [6.07, 6.45) is 1.51. The molecule has 0 fully saturated rings. The minimum atomic E-state index is -0.128. The van der Waals surface area contributed by atoms with Crippen molar-refractivity contribution < 1.29 is 0 Å². The van der Waals surface area contributed by atoms with Gasteiger partial charge in [-0.3, -0.25) is 4.79 Å². The Labute approximate surface area is 93.0 Å². The van der Waals surface area contributed by atoms with Gasteiger partial charge in [-0.25, -0.2) is 4.98 Å². The van der Waals surface area contributed by atoms with E-state index in [1.807, 2.05) is 13.0 Å². The van der Waals surface area contributed by atoms with Crippen LogP contribution in [0.4, 0.5) is 0 Å². The molecular weight excluding hydrogens is 264 g/mol. The van der Waals surface area contributed by atoms with Gasteiger partial charge in [-0.05, 0) is 28.9 Å². The smallest absolute Gasteiger partial charge is 0.251 e. The summed E-state index contributed by atoms with van der Waals surface area (Å²) in [6.45, 7) is 2.01. The molecule has 0 aliphatic rings. The number of hydrogen-bond acceptors (Lipinski definition) is 3. The number of aryl methyl sites for hydroxylation is 1. The Kier molecular flexibility index (Phi) is 2.52. The third kappa shape index (κ3) is 1.78. The maximum absolute atomic E-state index is 11.1. The van der Waals surface area contributed by atoms with Crippen molar-refractivity contribution in [1.29, 1.82) is 0 Å². The van der Waals surface area contributed by atoms with Crippen molar-refractivity contribution in [2.24, 2.45) is 0 Å². The van der Waals surface area contributed by atoms with Crippen LogP contribution >= 0.6 is 27.3 Å². The summed E-state index contributed by atoms with van der Waals surface area (Å²) in [6, 6.07) is 3.36. The van der Waals surface area contributed by atoms with Gasteiger partial charge in [0.25, 0.3) is 5.56 Å². The van der Waals surface area contributed by atoms with Gasteiger partial charge in [-0.2, -0.15) is 0 Å². The predicted molar refractivity (Wildman–Crippen MR) is 60.6 cm³/mol. The summed E-state index contributed by atoms with van der Waals surface area (Å²) in [7, 11) is 0. The highest BCUT2D eigenvalue weighted by Gasteiger charge is 2.06. The number of halogens is 1. The lowest BCUT2D eigenvalue weighted by Gasteiger charge is -1.93. The molecule has 0 atom stereocenters. The number of H-pyrrole nitrogens is 1. The van der Waals surface area contributed by atoms with Crippen molar-refractivity contribution in [3.05, 3.63) is 38.0 Å². The van der Waals surface area contributed by atoms with Gasteiger partial charge in [-0.15, -0.1) is 11.3 Å². The standard InChI is InChI=1S/C9H7BrN2OS/c1-5-6(10)4-7(14-5)9-11-3-2-8(13)12-9/h2-4H,1H3,(H,11,12,13). The molecule has 0 spiro atoms. The third-order valence-electron chi connectivity index (χ3n) is 1.76. The monoisotopic (exact) mass is 270 g/mol. The average molecular weight is 271 g/mol. The fraction of sp³-hybridized carbons (Fsp3) is 0.111. The second kappa shape index (κ2) is 3.67. The van der Waals surface area contributed by atoms with E-state index in [2.05, 4.69) is 25.9 Å². The van der Waals surface area contributed by atoms with Crippen LogP contribution in [0.2, 0.25) is 0 Å². The minimum Gasteiger partial charge on any atom is -0.306 e. The Bertz CT molecular complexity index is 498.